The molecule has 0 aliphatic carbocycles. The van der Waals surface area contributed by atoms with Crippen molar-refractivity contribution in [3.8, 4) is 0 Å². The summed E-state index contributed by atoms with van der Waals surface area (Å²) in [5.41, 5.74) is 0. The van der Waals surface area contributed by atoms with E-state index in [4.69, 9.17) is 19.7 Å². The molecule has 0 bridgehead atoms. The van der Waals surface area contributed by atoms with Gasteiger partial charge in [0.05, 0.1) is 18.8 Å². The third-order valence-electron chi connectivity index (χ3n) is 4.77. The van der Waals surface area contributed by atoms with Gasteiger partial charge < -0.3 is 19.7 Å². The summed E-state index contributed by atoms with van der Waals surface area (Å²) in [6, 6.07) is 0. The molecule has 3 atom stereocenters. The van der Waals surface area contributed by atoms with Crippen molar-refractivity contribution in [2.75, 3.05) is 13.2 Å². The molecule has 5 nitrogen and oxygen atoms in total. The standard InChI is InChI=1S/C25H40O5/c1-2-3-4-5-6-7-8-11-14-17-23-24(30-23)18-15-12-9-10-13-16-19-25(28)29-21-22(27)20-26/h3-4,6-7,11-12,14-15,22-24,26-27H,2,5,8-10,13,16-21H2,1H3/b4-3-,7-6-,14-11-,15-12-. The molecule has 30 heavy (non-hydrogen) atoms. The van der Waals surface area contributed by atoms with Crippen LogP contribution in [-0.2, 0) is 14.3 Å². The minimum Gasteiger partial charge on any atom is -0.463 e. The first kappa shape index (κ1) is 26.3. The van der Waals surface area contributed by atoms with Crippen LogP contribution >= 0.6 is 0 Å². The van der Waals surface area contributed by atoms with E-state index in [1.165, 1.54) is 0 Å². The molecule has 1 rings (SSSR count). The topological polar surface area (TPSA) is 79.3 Å². The normalized spacial score (nSPS) is 20.1. The molecule has 5 heteroatoms. The Morgan fingerprint density at radius 3 is 2.23 bits per heavy atom. The van der Waals surface area contributed by atoms with Gasteiger partial charge in [-0.1, -0.05) is 62.0 Å². The number of esters is 1. The second kappa shape index (κ2) is 18.1. The number of allylic oxidation sites excluding steroid dienone is 6. The average Bonchev–Trinajstić information content (AvgIpc) is 3.50. The van der Waals surface area contributed by atoms with E-state index in [0.717, 1.165) is 57.8 Å². The Morgan fingerprint density at radius 1 is 0.933 bits per heavy atom. The largest absolute Gasteiger partial charge is 0.463 e. The van der Waals surface area contributed by atoms with E-state index >= 15 is 0 Å². The molecular weight excluding hydrogens is 380 g/mol. The SMILES string of the molecule is CC/C=C\C/C=C\C/C=C\CC1OC1C/C=C\CCCCCC(=O)OCC(O)CO. The molecule has 1 heterocycles. The third-order valence-corrected chi connectivity index (χ3v) is 4.77. The van der Waals surface area contributed by atoms with Gasteiger partial charge in [-0.15, -0.1) is 0 Å². The molecule has 1 aliphatic heterocycles. The number of epoxide rings is 1. The highest BCUT2D eigenvalue weighted by Crippen LogP contribution is 2.29. The van der Waals surface area contributed by atoms with Crippen LogP contribution in [0.5, 0.6) is 0 Å². The summed E-state index contributed by atoms with van der Waals surface area (Å²) < 4.78 is 10.6. The van der Waals surface area contributed by atoms with Crippen molar-refractivity contribution in [2.24, 2.45) is 0 Å². The van der Waals surface area contributed by atoms with E-state index in [0.29, 0.717) is 18.6 Å². The van der Waals surface area contributed by atoms with Gasteiger partial charge in [0.2, 0.25) is 0 Å². The Labute approximate surface area is 182 Å². The van der Waals surface area contributed by atoms with E-state index < -0.39 is 12.7 Å². The summed E-state index contributed by atoms with van der Waals surface area (Å²) in [7, 11) is 0. The molecular formula is C25H40O5. The molecule has 170 valence electrons. The first-order valence-electron chi connectivity index (χ1n) is 11.4. The van der Waals surface area contributed by atoms with E-state index in [2.05, 4.69) is 55.5 Å². The monoisotopic (exact) mass is 420 g/mol. The number of ether oxygens (including phenoxy) is 2. The lowest BCUT2D eigenvalue weighted by Crippen LogP contribution is -2.21. The molecule has 0 radical (unpaired) electrons. The fraction of sp³-hybridized carbons (Fsp3) is 0.640. The van der Waals surface area contributed by atoms with Gasteiger partial charge in [-0.25, -0.2) is 0 Å². The molecule has 1 aliphatic rings. The number of aliphatic hydroxyl groups is 2. The number of rotatable bonds is 18. The molecule has 0 spiro atoms. The van der Waals surface area contributed by atoms with Crippen LogP contribution in [0.15, 0.2) is 48.6 Å². The van der Waals surface area contributed by atoms with Gasteiger partial charge in [-0.05, 0) is 51.4 Å². The number of carbonyl (C=O) groups is 1. The molecule has 1 fully saturated rings. The van der Waals surface area contributed by atoms with Gasteiger partial charge in [-0.2, -0.15) is 0 Å². The Bertz CT molecular complexity index is 550. The molecule has 2 N–H and O–H groups in total. The van der Waals surface area contributed by atoms with Crippen molar-refractivity contribution in [1.82, 2.24) is 0 Å². The summed E-state index contributed by atoms with van der Waals surface area (Å²) in [4.78, 5) is 11.4. The molecule has 1 saturated heterocycles. The van der Waals surface area contributed by atoms with Crippen LogP contribution in [0.3, 0.4) is 0 Å². The quantitative estimate of drug-likeness (QED) is 0.144. The third kappa shape index (κ3) is 15.2. The molecule has 0 aromatic rings. The maximum Gasteiger partial charge on any atom is 0.305 e. The summed E-state index contributed by atoms with van der Waals surface area (Å²) in [6.45, 7) is 1.62. The minimum absolute atomic E-state index is 0.133. The maximum atomic E-state index is 11.4. The smallest absolute Gasteiger partial charge is 0.305 e. The first-order chi connectivity index (χ1) is 14.7. The second-order valence-corrected chi connectivity index (χ2v) is 7.57. The maximum absolute atomic E-state index is 11.4. The molecule has 0 aromatic carbocycles. The lowest BCUT2D eigenvalue weighted by atomic mass is 10.1. The number of carbonyl (C=O) groups excluding carboxylic acids is 1. The number of aliphatic hydroxyl groups excluding tert-OH is 2. The van der Waals surface area contributed by atoms with Crippen molar-refractivity contribution in [2.45, 2.75) is 89.4 Å². The Balaban J connectivity index is 1.91. The van der Waals surface area contributed by atoms with Crippen LogP contribution in [-0.4, -0.2) is 47.7 Å². The fourth-order valence-electron chi connectivity index (χ4n) is 2.90. The van der Waals surface area contributed by atoms with Crippen LogP contribution in [0.25, 0.3) is 0 Å². The zero-order chi connectivity index (χ0) is 21.9. The average molecular weight is 421 g/mol. The lowest BCUT2D eigenvalue weighted by molar-refractivity contribution is -0.147. The summed E-state index contributed by atoms with van der Waals surface area (Å²) >= 11 is 0. The highest BCUT2D eigenvalue weighted by atomic mass is 16.6. The summed E-state index contributed by atoms with van der Waals surface area (Å²) in [5.74, 6) is -0.316. The number of unbranched alkanes of at least 4 members (excludes halogenated alkanes) is 3. The van der Waals surface area contributed by atoms with Crippen LogP contribution in [0.1, 0.15) is 71.1 Å². The molecule has 0 saturated carbocycles. The predicted molar refractivity (Wildman–Crippen MR) is 121 cm³/mol. The second-order valence-electron chi connectivity index (χ2n) is 7.57. The lowest BCUT2D eigenvalue weighted by Gasteiger charge is -2.08. The Morgan fingerprint density at radius 2 is 1.57 bits per heavy atom. The van der Waals surface area contributed by atoms with Crippen molar-refractivity contribution in [1.29, 1.82) is 0 Å². The van der Waals surface area contributed by atoms with Crippen LogP contribution in [0.2, 0.25) is 0 Å². The minimum atomic E-state index is -0.981. The van der Waals surface area contributed by atoms with Gasteiger partial charge >= 0.3 is 5.97 Å². The highest BCUT2D eigenvalue weighted by molar-refractivity contribution is 5.69. The van der Waals surface area contributed by atoms with Crippen molar-refractivity contribution in [3.63, 3.8) is 0 Å². The zero-order valence-corrected chi connectivity index (χ0v) is 18.5. The zero-order valence-electron chi connectivity index (χ0n) is 18.5. The Kier molecular flexibility index (Phi) is 15.9. The summed E-state index contributed by atoms with van der Waals surface area (Å²) in [6.07, 6.45) is 26.6. The van der Waals surface area contributed by atoms with E-state index in [-0.39, 0.29) is 12.6 Å². The molecule has 0 amide bonds. The van der Waals surface area contributed by atoms with Crippen molar-refractivity contribution in [3.05, 3.63) is 48.6 Å². The van der Waals surface area contributed by atoms with E-state index in [9.17, 15) is 4.79 Å². The van der Waals surface area contributed by atoms with Crippen molar-refractivity contribution >= 4 is 5.97 Å². The first-order valence-corrected chi connectivity index (χ1v) is 11.4. The van der Waals surface area contributed by atoms with Crippen molar-refractivity contribution < 1.29 is 24.5 Å². The van der Waals surface area contributed by atoms with Crippen LogP contribution in [0.4, 0.5) is 0 Å². The predicted octanol–water partition coefficient (Wildman–Crippen LogP) is 4.80. The van der Waals surface area contributed by atoms with Gasteiger partial charge in [0.15, 0.2) is 0 Å². The van der Waals surface area contributed by atoms with Crippen LogP contribution in [0, 0.1) is 0 Å². The van der Waals surface area contributed by atoms with E-state index in [1.54, 1.807) is 0 Å². The Hall–Kier alpha value is -1.69. The van der Waals surface area contributed by atoms with Gasteiger partial charge in [-0.3, -0.25) is 4.79 Å². The fourth-order valence-corrected chi connectivity index (χ4v) is 2.90. The van der Waals surface area contributed by atoms with Gasteiger partial charge in [0, 0.05) is 6.42 Å². The van der Waals surface area contributed by atoms with E-state index in [1.807, 2.05) is 0 Å². The van der Waals surface area contributed by atoms with Crippen LogP contribution < -0.4 is 0 Å². The number of hydrogen-bond donors (Lipinski definition) is 2. The summed E-state index contributed by atoms with van der Waals surface area (Å²) in [5, 5.41) is 17.8. The highest BCUT2D eigenvalue weighted by Gasteiger charge is 2.35. The van der Waals surface area contributed by atoms with Gasteiger partial charge in [0.1, 0.15) is 12.7 Å². The number of hydrogen-bond acceptors (Lipinski definition) is 5. The molecule has 3 unspecified atom stereocenters. The molecule has 0 aromatic heterocycles. The van der Waals surface area contributed by atoms with Gasteiger partial charge in [0.25, 0.3) is 0 Å².